The Morgan fingerprint density at radius 2 is 2.08 bits per heavy atom. The Bertz CT molecular complexity index is 160. The van der Waals surface area contributed by atoms with Gasteiger partial charge >= 0.3 is 0 Å². The standard InChI is InChI=1S/C9H20N2O2/c1-7(8(2)10)9(12)11(3)5-6-13-4/h7-8H,5-6,10H2,1-4H3. The van der Waals surface area contributed by atoms with Crippen molar-refractivity contribution < 1.29 is 9.53 Å². The van der Waals surface area contributed by atoms with Crippen molar-refractivity contribution in [1.29, 1.82) is 0 Å². The van der Waals surface area contributed by atoms with Gasteiger partial charge in [0.2, 0.25) is 5.91 Å². The fraction of sp³-hybridized carbons (Fsp3) is 0.889. The van der Waals surface area contributed by atoms with Gasteiger partial charge in [0.25, 0.3) is 0 Å². The first-order chi connectivity index (χ1) is 6.00. The highest BCUT2D eigenvalue weighted by molar-refractivity contribution is 5.78. The minimum Gasteiger partial charge on any atom is -0.383 e. The third-order valence-electron chi connectivity index (χ3n) is 2.19. The maximum Gasteiger partial charge on any atom is 0.226 e. The van der Waals surface area contributed by atoms with Gasteiger partial charge in [0, 0.05) is 26.7 Å². The summed E-state index contributed by atoms with van der Waals surface area (Å²) in [7, 11) is 3.38. The minimum atomic E-state index is -0.123. The fourth-order valence-electron chi connectivity index (χ4n) is 0.911. The Balaban J connectivity index is 3.94. The first-order valence-corrected chi connectivity index (χ1v) is 4.50. The quantitative estimate of drug-likeness (QED) is 0.664. The number of methoxy groups -OCH3 is 1. The molecule has 0 aromatic carbocycles. The number of amides is 1. The molecule has 0 saturated heterocycles. The van der Waals surface area contributed by atoms with Crippen LogP contribution in [0.4, 0.5) is 0 Å². The van der Waals surface area contributed by atoms with Crippen molar-refractivity contribution in [2.45, 2.75) is 19.9 Å². The van der Waals surface area contributed by atoms with Gasteiger partial charge in [-0.15, -0.1) is 0 Å². The molecule has 78 valence electrons. The largest absolute Gasteiger partial charge is 0.383 e. The molecular weight excluding hydrogens is 168 g/mol. The second-order valence-electron chi connectivity index (χ2n) is 3.40. The zero-order valence-electron chi connectivity index (χ0n) is 8.91. The van der Waals surface area contributed by atoms with Gasteiger partial charge in [0.15, 0.2) is 0 Å². The van der Waals surface area contributed by atoms with Crippen LogP contribution in [-0.4, -0.2) is 44.2 Å². The van der Waals surface area contributed by atoms with E-state index in [1.165, 1.54) is 0 Å². The van der Waals surface area contributed by atoms with Crippen molar-refractivity contribution in [1.82, 2.24) is 4.90 Å². The molecule has 0 bridgehead atoms. The van der Waals surface area contributed by atoms with Crippen LogP contribution in [0.15, 0.2) is 0 Å². The summed E-state index contributed by atoms with van der Waals surface area (Å²) in [6, 6.07) is -0.0995. The number of likely N-dealkylation sites (N-methyl/N-ethyl adjacent to an activating group) is 1. The molecule has 0 aliphatic carbocycles. The second-order valence-corrected chi connectivity index (χ2v) is 3.40. The normalized spacial score (nSPS) is 15.2. The van der Waals surface area contributed by atoms with Crippen LogP contribution in [0.2, 0.25) is 0 Å². The zero-order valence-corrected chi connectivity index (χ0v) is 8.91. The Hall–Kier alpha value is -0.610. The topological polar surface area (TPSA) is 55.6 Å². The smallest absolute Gasteiger partial charge is 0.226 e. The van der Waals surface area contributed by atoms with E-state index in [4.69, 9.17) is 10.5 Å². The van der Waals surface area contributed by atoms with Crippen LogP contribution < -0.4 is 5.73 Å². The molecule has 2 atom stereocenters. The summed E-state index contributed by atoms with van der Waals surface area (Å²) in [5.74, 6) is -0.0473. The third kappa shape index (κ3) is 4.24. The number of rotatable bonds is 5. The van der Waals surface area contributed by atoms with E-state index < -0.39 is 0 Å². The summed E-state index contributed by atoms with van der Waals surface area (Å²) >= 11 is 0. The number of hydrogen-bond donors (Lipinski definition) is 1. The molecule has 0 fully saturated rings. The summed E-state index contributed by atoms with van der Waals surface area (Å²) in [5.41, 5.74) is 5.62. The number of hydrogen-bond acceptors (Lipinski definition) is 3. The van der Waals surface area contributed by atoms with Crippen LogP contribution in [0.3, 0.4) is 0 Å². The molecule has 4 nitrogen and oxygen atoms in total. The van der Waals surface area contributed by atoms with Gasteiger partial charge in [-0.1, -0.05) is 6.92 Å². The third-order valence-corrected chi connectivity index (χ3v) is 2.19. The van der Waals surface area contributed by atoms with Gasteiger partial charge in [0.1, 0.15) is 0 Å². The number of ether oxygens (including phenoxy) is 1. The van der Waals surface area contributed by atoms with Gasteiger partial charge < -0.3 is 15.4 Å². The van der Waals surface area contributed by atoms with E-state index in [1.54, 1.807) is 19.1 Å². The van der Waals surface area contributed by atoms with Crippen molar-refractivity contribution in [3.8, 4) is 0 Å². The molecule has 0 saturated carbocycles. The fourth-order valence-corrected chi connectivity index (χ4v) is 0.911. The number of nitrogens with zero attached hydrogens (tertiary/aromatic N) is 1. The summed E-state index contributed by atoms with van der Waals surface area (Å²) in [4.78, 5) is 13.2. The lowest BCUT2D eigenvalue weighted by molar-refractivity contribution is -0.134. The van der Waals surface area contributed by atoms with Crippen molar-refractivity contribution in [2.75, 3.05) is 27.3 Å². The van der Waals surface area contributed by atoms with Gasteiger partial charge in [-0.2, -0.15) is 0 Å². The first kappa shape index (κ1) is 12.4. The van der Waals surface area contributed by atoms with Gasteiger partial charge in [0.05, 0.1) is 12.5 Å². The van der Waals surface area contributed by atoms with Crippen LogP contribution in [0.25, 0.3) is 0 Å². The molecule has 0 heterocycles. The van der Waals surface area contributed by atoms with Crippen LogP contribution in [0.1, 0.15) is 13.8 Å². The highest BCUT2D eigenvalue weighted by Gasteiger charge is 2.20. The first-order valence-electron chi connectivity index (χ1n) is 4.50. The lowest BCUT2D eigenvalue weighted by Gasteiger charge is -2.22. The summed E-state index contributed by atoms with van der Waals surface area (Å²) in [6.45, 7) is 4.86. The van der Waals surface area contributed by atoms with Crippen LogP contribution >= 0.6 is 0 Å². The molecule has 2 N–H and O–H groups in total. The predicted molar refractivity (Wildman–Crippen MR) is 52.3 cm³/mol. The highest BCUT2D eigenvalue weighted by Crippen LogP contribution is 2.03. The SMILES string of the molecule is COCCN(C)C(=O)C(C)C(C)N. The molecule has 2 unspecified atom stereocenters. The van der Waals surface area contributed by atoms with E-state index in [0.717, 1.165) is 0 Å². The molecule has 4 heteroatoms. The molecule has 0 aromatic rings. The Morgan fingerprint density at radius 1 is 1.54 bits per heavy atom. The Morgan fingerprint density at radius 3 is 2.46 bits per heavy atom. The maximum atomic E-state index is 11.6. The molecule has 1 amide bonds. The minimum absolute atomic E-state index is 0.0760. The zero-order chi connectivity index (χ0) is 10.4. The van der Waals surface area contributed by atoms with Crippen molar-refractivity contribution >= 4 is 5.91 Å². The van der Waals surface area contributed by atoms with E-state index in [0.29, 0.717) is 13.2 Å². The summed E-state index contributed by atoms with van der Waals surface area (Å²) < 4.78 is 4.88. The van der Waals surface area contributed by atoms with E-state index in [-0.39, 0.29) is 17.9 Å². The molecule has 0 aliphatic heterocycles. The van der Waals surface area contributed by atoms with E-state index >= 15 is 0 Å². The van der Waals surface area contributed by atoms with E-state index in [9.17, 15) is 4.79 Å². The molecule has 0 radical (unpaired) electrons. The summed E-state index contributed by atoms with van der Waals surface area (Å²) in [5, 5.41) is 0. The molecule has 0 spiro atoms. The van der Waals surface area contributed by atoms with Crippen LogP contribution in [0, 0.1) is 5.92 Å². The van der Waals surface area contributed by atoms with Gasteiger partial charge in [-0.25, -0.2) is 0 Å². The van der Waals surface area contributed by atoms with E-state index in [2.05, 4.69) is 0 Å². The van der Waals surface area contributed by atoms with Crippen molar-refractivity contribution in [3.63, 3.8) is 0 Å². The monoisotopic (exact) mass is 188 g/mol. The van der Waals surface area contributed by atoms with Crippen molar-refractivity contribution in [2.24, 2.45) is 11.7 Å². The maximum absolute atomic E-state index is 11.6. The molecule has 0 rings (SSSR count). The summed E-state index contributed by atoms with van der Waals surface area (Å²) in [6.07, 6.45) is 0. The molecule has 0 aliphatic rings. The number of carbonyl (C=O) groups excluding carboxylic acids is 1. The van der Waals surface area contributed by atoms with Gasteiger partial charge in [-0.3, -0.25) is 4.79 Å². The van der Waals surface area contributed by atoms with Crippen LogP contribution in [0.5, 0.6) is 0 Å². The van der Waals surface area contributed by atoms with Crippen molar-refractivity contribution in [3.05, 3.63) is 0 Å². The molecule has 0 aromatic heterocycles. The Kier molecular flexibility index (Phi) is 5.66. The van der Waals surface area contributed by atoms with Crippen LogP contribution in [-0.2, 0) is 9.53 Å². The predicted octanol–water partition coefficient (Wildman–Crippen LogP) is 0.0745. The average Bonchev–Trinajstić information content (AvgIpc) is 2.11. The second kappa shape index (κ2) is 5.94. The lowest BCUT2D eigenvalue weighted by atomic mass is 10.0. The average molecular weight is 188 g/mol. The molecular formula is C9H20N2O2. The van der Waals surface area contributed by atoms with E-state index in [1.807, 2.05) is 13.8 Å². The number of nitrogens with two attached hydrogens (primary N) is 1. The Labute approximate surface area is 80.0 Å². The van der Waals surface area contributed by atoms with Gasteiger partial charge in [-0.05, 0) is 6.92 Å². The highest BCUT2D eigenvalue weighted by atomic mass is 16.5. The molecule has 13 heavy (non-hydrogen) atoms. The number of carbonyl (C=O) groups is 1. The lowest BCUT2D eigenvalue weighted by Crippen LogP contribution is -2.40.